The Morgan fingerprint density at radius 3 is 3.06 bits per heavy atom. The number of fused-ring (bicyclic) bond motifs is 1. The predicted octanol–water partition coefficient (Wildman–Crippen LogP) is 0.314. The summed E-state index contributed by atoms with van der Waals surface area (Å²) < 4.78 is 6.43. The van der Waals surface area contributed by atoms with Crippen LogP contribution in [0.3, 0.4) is 0 Å². The van der Waals surface area contributed by atoms with E-state index >= 15 is 0 Å². The molecule has 6 nitrogen and oxygen atoms in total. The Kier molecular flexibility index (Phi) is 3.15. The van der Waals surface area contributed by atoms with E-state index in [1.165, 1.54) is 10.6 Å². The summed E-state index contributed by atoms with van der Waals surface area (Å²) in [5.74, 6) is -1.05. The first-order chi connectivity index (χ1) is 8.61. The van der Waals surface area contributed by atoms with Crippen LogP contribution in [0.15, 0.2) is 27.4 Å². The van der Waals surface area contributed by atoms with Crippen LogP contribution in [-0.4, -0.2) is 17.0 Å². The average molecular weight is 245 g/mol. The third-order valence-electron chi connectivity index (χ3n) is 2.66. The number of carbonyl (C=O) groups excluding carboxylic acids is 1. The minimum atomic E-state index is -0.646. The fraction of sp³-hybridized carbons (Fsp3) is 0.250. The fourth-order valence-corrected chi connectivity index (χ4v) is 1.69. The van der Waals surface area contributed by atoms with Gasteiger partial charge in [-0.2, -0.15) is 5.26 Å². The third kappa shape index (κ3) is 2.25. The highest BCUT2D eigenvalue weighted by Crippen LogP contribution is 2.14. The SMILES string of the molecule is Cn1c(=O)oc2ccc(CCNC(=O)C#N)cc21. The highest BCUT2D eigenvalue weighted by molar-refractivity contribution is 5.91. The van der Waals surface area contributed by atoms with E-state index in [-0.39, 0.29) is 0 Å². The van der Waals surface area contributed by atoms with Crippen molar-refractivity contribution in [2.24, 2.45) is 7.05 Å². The second kappa shape index (κ2) is 4.75. The highest BCUT2D eigenvalue weighted by Gasteiger charge is 2.06. The summed E-state index contributed by atoms with van der Waals surface area (Å²) in [5.41, 5.74) is 2.20. The molecular formula is C12H11N3O3. The predicted molar refractivity (Wildman–Crippen MR) is 63.8 cm³/mol. The molecular weight excluding hydrogens is 234 g/mol. The molecule has 0 aliphatic rings. The van der Waals surface area contributed by atoms with E-state index in [1.54, 1.807) is 13.1 Å². The number of benzene rings is 1. The zero-order valence-electron chi connectivity index (χ0n) is 9.77. The number of oxazole rings is 1. The highest BCUT2D eigenvalue weighted by atomic mass is 16.4. The smallest absolute Gasteiger partial charge is 0.408 e. The molecule has 0 saturated carbocycles. The van der Waals surface area contributed by atoms with Crippen molar-refractivity contribution in [2.45, 2.75) is 6.42 Å². The van der Waals surface area contributed by atoms with Gasteiger partial charge in [0.15, 0.2) is 11.7 Å². The summed E-state index contributed by atoms with van der Waals surface area (Å²) in [4.78, 5) is 22.0. The van der Waals surface area contributed by atoms with E-state index in [4.69, 9.17) is 9.68 Å². The van der Waals surface area contributed by atoms with Gasteiger partial charge in [-0.15, -0.1) is 0 Å². The summed E-state index contributed by atoms with van der Waals surface area (Å²) in [6.45, 7) is 0.379. The van der Waals surface area contributed by atoms with Crippen molar-refractivity contribution >= 4 is 17.0 Å². The van der Waals surface area contributed by atoms with Crippen molar-refractivity contribution in [1.29, 1.82) is 5.26 Å². The van der Waals surface area contributed by atoms with E-state index in [1.807, 2.05) is 12.1 Å². The Morgan fingerprint density at radius 2 is 2.33 bits per heavy atom. The quantitative estimate of drug-likeness (QED) is 0.788. The molecule has 1 aromatic heterocycles. The van der Waals surface area contributed by atoms with Gasteiger partial charge in [0, 0.05) is 13.6 Å². The Labute approximate surface area is 102 Å². The van der Waals surface area contributed by atoms with Crippen LogP contribution in [0.25, 0.3) is 11.1 Å². The molecule has 92 valence electrons. The lowest BCUT2D eigenvalue weighted by Crippen LogP contribution is -2.23. The van der Waals surface area contributed by atoms with Gasteiger partial charge in [-0.05, 0) is 24.1 Å². The maximum Gasteiger partial charge on any atom is 0.419 e. The minimum Gasteiger partial charge on any atom is -0.408 e. The van der Waals surface area contributed by atoms with Crippen LogP contribution in [0.4, 0.5) is 0 Å². The molecule has 1 aromatic carbocycles. The van der Waals surface area contributed by atoms with Crippen LogP contribution in [0.5, 0.6) is 0 Å². The van der Waals surface area contributed by atoms with Crippen LogP contribution in [0.1, 0.15) is 5.56 Å². The Bertz CT molecular complexity index is 691. The number of rotatable bonds is 3. The van der Waals surface area contributed by atoms with E-state index in [9.17, 15) is 9.59 Å². The van der Waals surface area contributed by atoms with Crippen LogP contribution in [0.2, 0.25) is 0 Å². The normalized spacial score (nSPS) is 10.2. The number of nitriles is 1. The van der Waals surface area contributed by atoms with Crippen LogP contribution in [0, 0.1) is 11.3 Å². The molecule has 1 heterocycles. The first kappa shape index (κ1) is 11.9. The average Bonchev–Trinajstić information content (AvgIpc) is 2.65. The van der Waals surface area contributed by atoms with Crippen molar-refractivity contribution in [1.82, 2.24) is 9.88 Å². The molecule has 0 unspecified atom stereocenters. The molecule has 0 saturated heterocycles. The lowest BCUT2D eigenvalue weighted by Gasteiger charge is -2.01. The van der Waals surface area contributed by atoms with E-state index in [0.717, 1.165) is 5.56 Å². The number of nitrogens with zero attached hydrogens (tertiary/aromatic N) is 2. The second-order valence-corrected chi connectivity index (χ2v) is 3.85. The summed E-state index contributed by atoms with van der Waals surface area (Å²) in [6, 6.07) is 6.86. The molecule has 2 rings (SSSR count). The van der Waals surface area contributed by atoms with Crippen molar-refractivity contribution < 1.29 is 9.21 Å². The van der Waals surface area contributed by atoms with Crippen molar-refractivity contribution in [3.05, 3.63) is 34.3 Å². The van der Waals surface area contributed by atoms with Gasteiger partial charge in [-0.1, -0.05) is 6.07 Å². The third-order valence-corrected chi connectivity index (χ3v) is 2.66. The van der Waals surface area contributed by atoms with Gasteiger partial charge in [0.25, 0.3) is 0 Å². The molecule has 1 N–H and O–H groups in total. The van der Waals surface area contributed by atoms with Gasteiger partial charge in [-0.25, -0.2) is 4.79 Å². The lowest BCUT2D eigenvalue weighted by atomic mass is 10.1. The number of nitrogens with one attached hydrogen (secondary N) is 1. The summed E-state index contributed by atoms with van der Waals surface area (Å²) in [6.07, 6.45) is 0.586. The van der Waals surface area contributed by atoms with E-state index < -0.39 is 11.7 Å². The fourth-order valence-electron chi connectivity index (χ4n) is 1.69. The molecule has 6 heteroatoms. The van der Waals surface area contributed by atoms with Crippen LogP contribution < -0.4 is 11.1 Å². The molecule has 0 aliphatic heterocycles. The van der Waals surface area contributed by atoms with Crippen LogP contribution in [-0.2, 0) is 18.3 Å². The van der Waals surface area contributed by atoms with E-state index in [2.05, 4.69) is 5.32 Å². The van der Waals surface area contributed by atoms with Gasteiger partial charge in [-0.3, -0.25) is 9.36 Å². The molecule has 0 bridgehead atoms. The number of carbonyl (C=O) groups is 1. The molecule has 1 amide bonds. The molecule has 0 spiro atoms. The summed E-state index contributed by atoms with van der Waals surface area (Å²) in [7, 11) is 1.63. The minimum absolute atomic E-state index is 0.379. The van der Waals surface area contributed by atoms with Gasteiger partial charge in [0.2, 0.25) is 0 Å². The summed E-state index contributed by atoms with van der Waals surface area (Å²) >= 11 is 0. The van der Waals surface area contributed by atoms with E-state index in [0.29, 0.717) is 24.1 Å². The number of hydrogen-bond acceptors (Lipinski definition) is 4. The maximum atomic E-state index is 11.3. The monoisotopic (exact) mass is 245 g/mol. The second-order valence-electron chi connectivity index (χ2n) is 3.85. The Morgan fingerprint density at radius 1 is 1.56 bits per heavy atom. The molecule has 2 aromatic rings. The summed E-state index contributed by atoms with van der Waals surface area (Å²) in [5, 5.41) is 10.8. The number of aromatic nitrogens is 1. The van der Waals surface area contributed by atoms with Crippen molar-refractivity contribution in [3.63, 3.8) is 0 Å². The zero-order chi connectivity index (χ0) is 13.1. The Balaban J connectivity index is 2.15. The first-order valence-electron chi connectivity index (χ1n) is 5.38. The van der Waals surface area contributed by atoms with Gasteiger partial charge in [0.1, 0.15) is 0 Å². The molecule has 18 heavy (non-hydrogen) atoms. The largest absolute Gasteiger partial charge is 0.419 e. The van der Waals surface area contributed by atoms with Gasteiger partial charge < -0.3 is 9.73 Å². The van der Waals surface area contributed by atoms with Crippen molar-refractivity contribution in [3.8, 4) is 6.07 Å². The zero-order valence-corrected chi connectivity index (χ0v) is 9.77. The molecule has 0 atom stereocenters. The number of aryl methyl sites for hydroxylation is 1. The van der Waals surface area contributed by atoms with Gasteiger partial charge >= 0.3 is 11.7 Å². The maximum absolute atomic E-state index is 11.3. The molecule has 0 aliphatic carbocycles. The van der Waals surface area contributed by atoms with Crippen molar-refractivity contribution in [2.75, 3.05) is 6.54 Å². The Hall–Kier alpha value is -2.55. The standard InChI is InChI=1S/C12H11N3O3/c1-15-9-6-8(4-5-14-11(16)7-13)2-3-10(9)18-12(15)17/h2-3,6H,4-5H2,1H3,(H,14,16). The molecule has 0 radical (unpaired) electrons. The first-order valence-corrected chi connectivity index (χ1v) is 5.38. The number of amides is 1. The topological polar surface area (TPSA) is 88.0 Å². The number of hydrogen-bond donors (Lipinski definition) is 1. The van der Waals surface area contributed by atoms with Gasteiger partial charge in [0.05, 0.1) is 5.52 Å². The lowest BCUT2D eigenvalue weighted by molar-refractivity contribution is -0.115. The molecule has 0 fully saturated rings. The van der Waals surface area contributed by atoms with Crippen LogP contribution >= 0.6 is 0 Å².